The van der Waals surface area contributed by atoms with Gasteiger partial charge >= 0.3 is 18.4 Å². The first-order valence-electron chi connectivity index (χ1n) is 14.8. The molecule has 0 saturated heterocycles. The van der Waals surface area contributed by atoms with Crippen LogP contribution in [0.1, 0.15) is 88.7 Å². The highest BCUT2D eigenvalue weighted by molar-refractivity contribution is 5.88. The van der Waals surface area contributed by atoms with Gasteiger partial charge in [0.15, 0.2) is 6.61 Å². The summed E-state index contributed by atoms with van der Waals surface area (Å²) in [7, 11) is 0. The Hall–Kier alpha value is -3.43. The average molecular weight is 595 g/mol. The molecule has 0 radical (unpaired) electrons. The predicted octanol–water partition coefficient (Wildman–Crippen LogP) is 9.72. The Morgan fingerprint density at radius 2 is 1.43 bits per heavy atom. The Morgan fingerprint density at radius 1 is 0.810 bits per heavy atom. The fourth-order valence-corrected chi connectivity index (χ4v) is 4.33. The first-order valence-corrected chi connectivity index (χ1v) is 14.8. The molecule has 0 aliphatic carbocycles. The first kappa shape index (κ1) is 34.8. The smallest absolute Gasteiger partial charge is 0.422 e. The number of hydrogen-bond donors (Lipinski definition) is 2. The highest BCUT2D eigenvalue weighted by Crippen LogP contribution is 2.22. The Balaban J connectivity index is 1.85. The van der Waals surface area contributed by atoms with E-state index in [0.717, 1.165) is 24.8 Å². The summed E-state index contributed by atoms with van der Waals surface area (Å²) >= 11 is 0. The summed E-state index contributed by atoms with van der Waals surface area (Å²) in [6.45, 7) is 4.44. The van der Waals surface area contributed by atoms with Crippen molar-refractivity contribution in [1.82, 2.24) is 0 Å². The van der Waals surface area contributed by atoms with E-state index in [9.17, 15) is 22.8 Å². The Bertz CT molecular complexity index is 1080. The molecule has 2 rings (SSSR count). The number of carbonyl (C=O) groups is 2. The fourth-order valence-electron chi connectivity index (χ4n) is 4.33. The predicted molar refractivity (Wildman–Crippen MR) is 159 cm³/mol. The van der Waals surface area contributed by atoms with Crippen LogP contribution < -0.4 is 15.4 Å². The minimum atomic E-state index is -4.61. The molecule has 2 amide bonds. The molecule has 0 spiro atoms. The normalized spacial score (nSPS) is 12.0. The van der Waals surface area contributed by atoms with Gasteiger partial charge in [-0.25, -0.2) is 9.59 Å². The van der Waals surface area contributed by atoms with Crippen molar-refractivity contribution in [3.05, 3.63) is 53.6 Å². The Kier molecular flexibility index (Phi) is 15.6. The number of nitrogens with one attached hydrogen (secondary N) is 2. The van der Waals surface area contributed by atoms with Gasteiger partial charge < -0.3 is 14.2 Å². The van der Waals surface area contributed by atoms with Crippen LogP contribution in [0.15, 0.2) is 42.5 Å². The number of hydrogen-bond acceptors (Lipinski definition) is 5. The molecular formula is C32H45F3N2O5. The second-order valence-electron chi connectivity index (χ2n) is 10.6. The highest BCUT2D eigenvalue weighted by atomic mass is 19.4. The zero-order valence-electron chi connectivity index (χ0n) is 25.0. The van der Waals surface area contributed by atoms with E-state index in [0.29, 0.717) is 23.4 Å². The van der Waals surface area contributed by atoms with Crippen molar-refractivity contribution >= 4 is 23.6 Å². The van der Waals surface area contributed by atoms with Crippen LogP contribution in [0.25, 0.3) is 0 Å². The van der Waals surface area contributed by atoms with Crippen LogP contribution in [0.2, 0.25) is 0 Å². The molecule has 0 aliphatic rings. The monoisotopic (exact) mass is 594 g/mol. The number of benzene rings is 2. The fraction of sp³-hybridized carbons (Fsp3) is 0.562. The van der Waals surface area contributed by atoms with Crippen molar-refractivity contribution in [2.24, 2.45) is 0 Å². The minimum absolute atomic E-state index is 0.218. The summed E-state index contributed by atoms with van der Waals surface area (Å²) in [6.07, 6.45) is 5.79. The van der Waals surface area contributed by atoms with Crippen molar-refractivity contribution < 1.29 is 37.0 Å². The summed E-state index contributed by atoms with van der Waals surface area (Å²) in [5, 5.41) is 4.94. The number of halogens is 3. The summed E-state index contributed by atoms with van der Waals surface area (Å²) in [5.74, 6) is 0.699. The maximum Gasteiger partial charge on any atom is 0.422 e. The number of ether oxygens (including phenoxy) is 3. The van der Waals surface area contributed by atoms with Gasteiger partial charge in [-0.3, -0.25) is 10.6 Å². The third-order valence-electron chi connectivity index (χ3n) is 6.69. The molecule has 0 aromatic heterocycles. The van der Waals surface area contributed by atoms with Gasteiger partial charge in [-0.1, -0.05) is 82.4 Å². The summed E-state index contributed by atoms with van der Waals surface area (Å²) in [4.78, 5) is 24.4. The van der Waals surface area contributed by atoms with E-state index in [1.807, 2.05) is 31.2 Å². The zero-order valence-corrected chi connectivity index (χ0v) is 25.0. The summed E-state index contributed by atoms with van der Waals surface area (Å²) in [6, 6.07) is 12.1. The second kappa shape index (κ2) is 18.9. The Labute approximate surface area is 247 Å². The third kappa shape index (κ3) is 15.5. The summed E-state index contributed by atoms with van der Waals surface area (Å²) in [5.41, 5.74) is 2.35. The van der Waals surface area contributed by atoms with Gasteiger partial charge in [0, 0.05) is 11.4 Å². The van der Waals surface area contributed by atoms with Gasteiger partial charge in [0.2, 0.25) is 0 Å². The van der Waals surface area contributed by atoms with Gasteiger partial charge in [0.1, 0.15) is 18.5 Å². The molecule has 42 heavy (non-hydrogen) atoms. The van der Waals surface area contributed by atoms with Crippen molar-refractivity contribution in [1.29, 1.82) is 0 Å². The standard InChI is InChI=1S/C32H45F3N2O5/c1-4-5-6-7-8-9-10-11-12-13-14-28(22-40-27-18-15-24(2)16-19-27)42-31(39)37-29-20-17-26(21-25(29)3)36-30(38)41-23-32(33,34)35/h15-21,28H,4-14,22-23H2,1-3H3,(H,36,38)(H,37,39). The number of alkyl halides is 3. The number of aryl methyl sites for hydroxylation is 2. The van der Waals surface area contributed by atoms with E-state index in [-0.39, 0.29) is 12.3 Å². The number of amides is 2. The molecule has 2 aromatic rings. The topological polar surface area (TPSA) is 85.9 Å². The van der Waals surface area contributed by atoms with Crippen molar-refractivity contribution in [3.8, 4) is 5.75 Å². The lowest BCUT2D eigenvalue weighted by atomic mass is 10.0. The zero-order chi connectivity index (χ0) is 30.8. The van der Waals surface area contributed by atoms with Crippen LogP contribution in [0.4, 0.5) is 34.1 Å². The number of carbonyl (C=O) groups excluding carboxylic acids is 2. The molecule has 10 heteroatoms. The lowest BCUT2D eigenvalue weighted by Gasteiger charge is -2.20. The average Bonchev–Trinajstić information content (AvgIpc) is 2.93. The van der Waals surface area contributed by atoms with Gasteiger partial charge in [-0.05, 0) is 62.6 Å². The van der Waals surface area contributed by atoms with Gasteiger partial charge in [0.25, 0.3) is 0 Å². The molecule has 0 fully saturated rings. The number of rotatable bonds is 18. The lowest BCUT2D eigenvalue weighted by Crippen LogP contribution is -2.28. The van der Waals surface area contributed by atoms with E-state index in [1.165, 1.54) is 63.1 Å². The van der Waals surface area contributed by atoms with Crippen molar-refractivity contribution in [3.63, 3.8) is 0 Å². The minimum Gasteiger partial charge on any atom is -0.490 e. The van der Waals surface area contributed by atoms with E-state index >= 15 is 0 Å². The molecule has 2 N–H and O–H groups in total. The quantitative estimate of drug-likeness (QED) is 0.168. The van der Waals surface area contributed by atoms with Crippen LogP contribution in [0.5, 0.6) is 5.75 Å². The molecule has 2 aromatic carbocycles. The largest absolute Gasteiger partial charge is 0.490 e. The number of unbranched alkanes of at least 4 members (excludes halogenated alkanes) is 9. The van der Waals surface area contributed by atoms with Crippen molar-refractivity contribution in [2.45, 2.75) is 104 Å². The maximum atomic E-state index is 12.8. The van der Waals surface area contributed by atoms with E-state index in [2.05, 4.69) is 22.3 Å². The lowest BCUT2D eigenvalue weighted by molar-refractivity contribution is -0.159. The van der Waals surface area contributed by atoms with Gasteiger partial charge in [0.05, 0.1) is 0 Å². The molecule has 0 bridgehead atoms. The van der Waals surface area contributed by atoms with Crippen molar-refractivity contribution in [2.75, 3.05) is 23.8 Å². The number of anilines is 2. The molecule has 0 aliphatic heterocycles. The molecule has 1 atom stereocenters. The molecule has 0 saturated carbocycles. The Morgan fingerprint density at radius 3 is 2.02 bits per heavy atom. The second-order valence-corrected chi connectivity index (χ2v) is 10.6. The SMILES string of the molecule is CCCCCCCCCCCCC(COc1ccc(C)cc1)OC(=O)Nc1ccc(NC(=O)OCC(F)(F)F)cc1C. The molecule has 234 valence electrons. The molecule has 7 nitrogen and oxygen atoms in total. The van der Waals surface area contributed by atoms with Gasteiger partial charge in [-0.2, -0.15) is 13.2 Å². The van der Waals surface area contributed by atoms with Crippen LogP contribution in [0.3, 0.4) is 0 Å². The van der Waals surface area contributed by atoms with Crippen LogP contribution in [-0.4, -0.2) is 37.7 Å². The van der Waals surface area contributed by atoms with E-state index in [1.54, 1.807) is 6.92 Å². The third-order valence-corrected chi connectivity index (χ3v) is 6.69. The van der Waals surface area contributed by atoms with E-state index < -0.39 is 31.1 Å². The molecule has 0 heterocycles. The van der Waals surface area contributed by atoms with Gasteiger partial charge in [-0.15, -0.1) is 0 Å². The maximum absolute atomic E-state index is 12.8. The molecule has 1 unspecified atom stereocenters. The van der Waals surface area contributed by atoms with E-state index in [4.69, 9.17) is 9.47 Å². The summed E-state index contributed by atoms with van der Waals surface area (Å²) < 4.78 is 52.5. The van der Waals surface area contributed by atoms with Crippen LogP contribution in [0, 0.1) is 13.8 Å². The van der Waals surface area contributed by atoms with Crippen LogP contribution in [-0.2, 0) is 9.47 Å². The highest BCUT2D eigenvalue weighted by Gasteiger charge is 2.29. The van der Waals surface area contributed by atoms with Crippen LogP contribution >= 0.6 is 0 Å². The first-order chi connectivity index (χ1) is 20.1. The molecular weight excluding hydrogens is 549 g/mol.